The lowest BCUT2D eigenvalue weighted by Crippen LogP contribution is -2.52. The van der Waals surface area contributed by atoms with Crippen LogP contribution >= 0.6 is 0 Å². The molecule has 1 N–H and O–H groups in total. The second-order valence-electron chi connectivity index (χ2n) is 10.8. The number of fused-ring (bicyclic) bond motifs is 1. The van der Waals surface area contributed by atoms with Gasteiger partial charge < -0.3 is 19.9 Å². The molecular weight excluding hydrogens is 511 g/mol. The van der Waals surface area contributed by atoms with E-state index in [1.54, 1.807) is 4.52 Å². The molecule has 1 aromatic carbocycles. The van der Waals surface area contributed by atoms with Crippen LogP contribution in [0.5, 0.6) is 5.75 Å². The molecule has 0 aliphatic carbocycles. The minimum Gasteiger partial charge on any atom is -0.491 e. The summed E-state index contributed by atoms with van der Waals surface area (Å²) in [7, 11) is 0. The Hall–Kier alpha value is -4.28. The number of pyridine rings is 1. The number of carbonyl (C=O) groups is 1. The second kappa shape index (κ2) is 10.7. The smallest absolute Gasteiger partial charge is 0.317 e. The SMILES string of the molecule is Cc1cc(OC[C@H](C)c2ccccc2)cn2nc(CCN3CC4(CCN(c5ncc(F)cn5)CC4)NC3=O)nc12. The van der Waals surface area contributed by atoms with Gasteiger partial charge in [-0.1, -0.05) is 37.3 Å². The molecule has 2 amide bonds. The van der Waals surface area contributed by atoms with Crippen LogP contribution in [-0.4, -0.2) is 73.8 Å². The molecule has 2 saturated heterocycles. The normalized spacial score (nSPS) is 17.4. The van der Waals surface area contributed by atoms with E-state index in [2.05, 4.69) is 39.4 Å². The molecule has 1 spiro atoms. The van der Waals surface area contributed by atoms with E-state index in [9.17, 15) is 9.18 Å². The number of piperidine rings is 1. The summed E-state index contributed by atoms with van der Waals surface area (Å²) in [4.78, 5) is 29.6. The number of amides is 2. The maximum Gasteiger partial charge on any atom is 0.317 e. The quantitative estimate of drug-likeness (QED) is 0.361. The second-order valence-corrected chi connectivity index (χ2v) is 10.8. The van der Waals surface area contributed by atoms with Crippen molar-refractivity contribution in [3.05, 3.63) is 77.8 Å². The lowest BCUT2D eigenvalue weighted by atomic mass is 9.88. The molecule has 11 heteroatoms. The molecule has 1 atom stereocenters. The van der Waals surface area contributed by atoms with Gasteiger partial charge in [-0.2, -0.15) is 5.10 Å². The predicted octanol–water partition coefficient (Wildman–Crippen LogP) is 3.76. The maximum absolute atomic E-state index is 13.2. The number of anilines is 1. The van der Waals surface area contributed by atoms with Crippen molar-refractivity contribution >= 4 is 17.6 Å². The Kier molecular flexibility index (Phi) is 6.95. The highest BCUT2D eigenvalue weighted by Crippen LogP contribution is 2.29. The number of hydrogen-bond acceptors (Lipinski definition) is 7. The first kappa shape index (κ1) is 26.0. The van der Waals surface area contributed by atoms with E-state index in [0.717, 1.165) is 29.8 Å². The molecule has 2 fully saturated rings. The highest BCUT2D eigenvalue weighted by atomic mass is 19.1. The molecule has 2 aliphatic heterocycles. The number of urea groups is 1. The van der Waals surface area contributed by atoms with E-state index in [1.165, 1.54) is 18.0 Å². The first-order valence-corrected chi connectivity index (χ1v) is 13.7. The van der Waals surface area contributed by atoms with Gasteiger partial charge in [-0.3, -0.25) is 0 Å². The van der Waals surface area contributed by atoms with Crippen molar-refractivity contribution in [3.63, 3.8) is 0 Å². The van der Waals surface area contributed by atoms with Gasteiger partial charge in [0.25, 0.3) is 0 Å². The maximum atomic E-state index is 13.2. The van der Waals surface area contributed by atoms with Crippen molar-refractivity contribution < 1.29 is 13.9 Å². The Morgan fingerprint density at radius 2 is 1.90 bits per heavy atom. The van der Waals surface area contributed by atoms with E-state index < -0.39 is 5.82 Å². The number of benzene rings is 1. The molecule has 0 radical (unpaired) electrons. The monoisotopic (exact) mass is 544 g/mol. The number of nitrogens with zero attached hydrogens (tertiary/aromatic N) is 7. The van der Waals surface area contributed by atoms with Gasteiger partial charge >= 0.3 is 6.03 Å². The standard InChI is InChI=1S/C29H33FN8O2/c1-20-14-24(40-18-21(2)22-6-4-3-5-7-22)17-38-26(20)33-25(35-38)8-11-37-19-29(34-28(37)39)9-12-36(13-10-29)27-31-15-23(30)16-32-27/h3-7,14-17,21H,8-13,18-19H2,1-2H3,(H,34,39)/t21-/m0/s1. The van der Waals surface area contributed by atoms with E-state index in [-0.39, 0.29) is 17.5 Å². The fourth-order valence-electron chi connectivity index (χ4n) is 5.53. The molecule has 6 rings (SSSR count). The van der Waals surface area contributed by atoms with Crippen molar-refractivity contribution in [2.45, 2.75) is 44.6 Å². The first-order valence-electron chi connectivity index (χ1n) is 13.7. The van der Waals surface area contributed by atoms with E-state index >= 15 is 0 Å². The number of nitrogens with one attached hydrogen (secondary N) is 1. The third kappa shape index (κ3) is 5.41. The fourth-order valence-corrected chi connectivity index (χ4v) is 5.53. The molecule has 40 heavy (non-hydrogen) atoms. The van der Waals surface area contributed by atoms with Crippen LogP contribution in [-0.2, 0) is 6.42 Å². The first-order chi connectivity index (χ1) is 19.4. The largest absolute Gasteiger partial charge is 0.491 e. The van der Waals surface area contributed by atoms with Crippen LogP contribution in [0.2, 0.25) is 0 Å². The van der Waals surface area contributed by atoms with Crippen molar-refractivity contribution in [1.29, 1.82) is 0 Å². The van der Waals surface area contributed by atoms with Crippen LogP contribution in [0.25, 0.3) is 5.65 Å². The zero-order valence-corrected chi connectivity index (χ0v) is 22.8. The van der Waals surface area contributed by atoms with Crippen LogP contribution in [0.15, 0.2) is 55.0 Å². The molecule has 208 valence electrons. The van der Waals surface area contributed by atoms with Crippen molar-refractivity contribution in [3.8, 4) is 5.75 Å². The molecule has 10 nitrogen and oxygen atoms in total. The molecule has 0 unspecified atom stereocenters. The number of halogens is 1. The van der Waals surface area contributed by atoms with E-state index in [4.69, 9.17) is 9.72 Å². The Labute approximate surface area is 232 Å². The van der Waals surface area contributed by atoms with E-state index in [0.29, 0.717) is 51.0 Å². The summed E-state index contributed by atoms with van der Waals surface area (Å²) in [5, 5.41) is 7.89. The Bertz CT molecular complexity index is 1490. The van der Waals surface area contributed by atoms with Crippen LogP contribution in [0.1, 0.15) is 42.6 Å². The molecular formula is C29H33FN8O2. The molecule has 5 heterocycles. The summed E-state index contributed by atoms with van der Waals surface area (Å²) < 4.78 is 21.0. The number of hydrogen-bond donors (Lipinski definition) is 1. The van der Waals surface area contributed by atoms with Gasteiger partial charge in [-0.25, -0.2) is 28.7 Å². The Morgan fingerprint density at radius 3 is 2.65 bits per heavy atom. The average molecular weight is 545 g/mol. The van der Waals surface area contributed by atoms with Gasteiger partial charge in [0, 0.05) is 38.5 Å². The zero-order valence-electron chi connectivity index (χ0n) is 22.8. The minimum absolute atomic E-state index is 0.0605. The summed E-state index contributed by atoms with van der Waals surface area (Å²) >= 11 is 0. The third-order valence-electron chi connectivity index (χ3n) is 7.87. The predicted molar refractivity (Wildman–Crippen MR) is 148 cm³/mol. The number of aryl methyl sites for hydroxylation is 1. The van der Waals surface area contributed by atoms with Crippen LogP contribution in [0.3, 0.4) is 0 Å². The Balaban J connectivity index is 1.05. The van der Waals surface area contributed by atoms with Crippen LogP contribution in [0, 0.1) is 12.7 Å². The van der Waals surface area contributed by atoms with Gasteiger partial charge in [-0.15, -0.1) is 0 Å². The van der Waals surface area contributed by atoms with Crippen LogP contribution < -0.4 is 15.0 Å². The number of aromatic nitrogens is 5. The van der Waals surface area contributed by atoms with Crippen molar-refractivity contribution in [2.75, 3.05) is 37.7 Å². The van der Waals surface area contributed by atoms with E-state index in [1.807, 2.05) is 47.2 Å². The summed E-state index contributed by atoms with van der Waals surface area (Å²) in [6, 6.07) is 12.3. The van der Waals surface area contributed by atoms with Crippen molar-refractivity contribution in [1.82, 2.24) is 34.8 Å². The topological polar surface area (TPSA) is 101 Å². The summed E-state index contributed by atoms with van der Waals surface area (Å²) in [5.74, 6) is 1.78. The number of carbonyl (C=O) groups excluding carboxylic acids is 1. The number of ether oxygens (including phenoxy) is 1. The van der Waals surface area contributed by atoms with Gasteiger partial charge in [-0.05, 0) is 37.0 Å². The molecule has 4 aromatic rings. The summed E-state index contributed by atoms with van der Waals surface area (Å²) in [6.45, 7) is 7.28. The van der Waals surface area contributed by atoms with Crippen LogP contribution in [0.4, 0.5) is 15.1 Å². The lowest BCUT2D eigenvalue weighted by molar-refractivity contribution is 0.217. The Morgan fingerprint density at radius 1 is 1.15 bits per heavy atom. The molecule has 0 bridgehead atoms. The van der Waals surface area contributed by atoms with Gasteiger partial charge in [0.05, 0.1) is 30.7 Å². The zero-order chi connectivity index (χ0) is 27.7. The minimum atomic E-state index is -0.451. The van der Waals surface area contributed by atoms with Crippen molar-refractivity contribution in [2.24, 2.45) is 0 Å². The highest BCUT2D eigenvalue weighted by Gasteiger charge is 2.44. The number of rotatable bonds is 8. The van der Waals surface area contributed by atoms with Gasteiger partial charge in [0.1, 0.15) is 5.75 Å². The molecule has 0 saturated carbocycles. The van der Waals surface area contributed by atoms with Gasteiger partial charge in [0.2, 0.25) is 5.95 Å². The molecule has 3 aromatic heterocycles. The lowest BCUT2D eigenvalue weighted by Gasteiger charge is -2.38. The average Bonchev–Trinajstić information content (AvgIpc) is 3.52. The molecule has 2 aliphatic rings. The summed E-state index contributed by atoms with van der Waals surface area (Å²) in [6.07, 6.45) is 6.33. The van der Waals surface area contributed by atoms with Gasteiger partial charge in [0.15, 0.2) is 17.3 Å². The fraction of sp³-hybridized carbons (Fsp3) is 0.414. The third-order valence-corrected chi connectivity index (χ3v) is 7.87. The highest BCUT2D eigenvalue weighted by molar-refractivity contribution is 5.78. The summed E-state index contributed by atoms with van der Waals surface area (Å²) in [5.41, 5.74) is 2.73.